The van der Waals surface area contributed by atoms with Gasteiger partial charge in [-0.05, 0) is 52.4 Å². The average Bonchev–Trinajstić information content (AvgIpc) is 3.29. The molecule has 0 aliphatic rings. The van der Waals surface area contributed by atoms with Gasteiger partial charge in [0.25, 0.3) is 0 Å². The highest BCUT2D eigenvalue weighted by molar-refractivity contribution is 9.10. The van der Waals surface area contributed by atoms with Crippen molar-refractivity contribution >= 4 is 37.7 Å². The van der Waals surface area contributed by atoms with Crippen molar-refractivity contribution in [2.45, 2.75) is 0 Å². The Labute approximate surface area is 193 Å². The van der Waals surface area contributed by atoms with Crippen LogP contribution >= 0.6 is 15.9 Å². The third-order valence-electron chi connectivity index (χ3n) is 5.63. The molecule has 0 radical (unpaired) electrons. The summed E-state index contributed by atoms with van der Waals surface area (Å²) in [5, 5.41) is 11.7. The number of hydrogen-bond donors (Lipinski definition) is 0. The molecular formula is C27H17BrN4. The van der Waals surface area contributed by atoms with E-state index in [4.69, 9.17) is 10.2 Å². The Hall–Kier alpha value is -3.83. The van der Waals surface area contributed by atoms with Gasteiger partial charge >= 0.3 is 0 Å². The fourth-order valence-electron chi connectivity index (χ4n) is 4.02. The molecule has 6 aromatic rings. The minimum Gasteiger partial charge on any atom is -0.264 e. The molecule has 5 heteroatoms. The maximum atomic E-state index is 4.79. The monoisotopic (exact) mass is 476 g/mol. The Morgan fingerprint density at radius 3 is 2.16 bits per heavy atom. The number of pyridine rings is 1. The summed E-state index contributed by atoms with van der Waals surface area (Å²) < 4.78 is 1.02. The molecule has 4 nitrogen and oxygen atoms in total. The number of halogens is 1. The summed E-state index contributed by atoms with van der Waals surface area (Å²) in [4.78, 5) is 5.94. The molecule has 2 heterocycles. The second kappa shape index (κ2) is 7.70. The number of fused-ring (bicyclic) bond motifs is 3. The van der Waals surface area contributed by atoms with Crippen molar-refractivity contribution in [3.8, 4) is 27.9 Å². The van der Waals surface area contributed by atoms with E-state index < -0.39 is 0 Å². The molecule has 4 aromatic carbocycles. The lowest BCUT2D eigenvalue weighted by Crippen LogP contribution is -1.98. The van der Waals surface area contributed by atoms with Gasteiger partial charge in [0, 0.05) is 27.8 Å². The summed E-state index contributed by atoms with van der Waals surface area (Å²) in [5.74, 6) is 0. The maximum absolute atomic E-state index is 4.79. The van der Waals surface area contributed by atoms with E-state index in [-0.39, 0.29) is 0 Å². The van der Waals surface area contributed by atoms with E-state index in [1.165, 1.54) is 0 Å². The van der Waals surface area contributed by atoms with Crippen molar-refractivity contribution in [1.29, 1.82) is 0 Å². The Balaban J connectivity index is 1.38. The molecule has 0 aliphatic carbocycles. The molecule has 0 fully saturated rings. The maximum Gasteiger partial charge on any atom is 0.121 e. The third-order valence-corrected chi connectivity index (χ3v) is 6.29. The second-order valence-corrected chi connectivity index (χ2v) is 8.48. The van der Waals surface area contributed by atoms with Gasteiger partial charge in [0.2, 0.25) is 0 Å². The van der Waals surface area contributed by atoms with Gasteiger partial charge in [0.15, 0.2) is 0 Å². The minimum atomic E-state index is 0.865. The third kappa shape index (κ3) is 3.27. The van der Waals surface area contributed by atoms with Crippen LogP contribution in [0.1, 0.15) is 0 Å². The van der Waals surface area contributed by atoms with Gasteiger partial charge in [0.05, 0.1) is 5.69 Å². The average molecular weight is 477 g/mol. The summed E-state index contributed by atoms with van der Waals surface area (Å²) in [6, 6.07) is 31.1. The molecule has 32 heavy (non-hydrogen) atoms. The molecule has 0 bridgehead atoms. The summed E-state index contributed by atoms with van der Waals surface area (Å²) in [6.45, 7) is 0. The number of aromatic nitrogens is 4. The second-order valence-electron chi connectivity index (χ2n) is 7.63. The van der Waals surface area contributed by atoms with Crippen molar-refractivity contribution in [3.63, 3.8) is 0 Å². The number of rotatable bonds is 3. The predicted octanol–water partition coefficient (Wildman–Crippen LogP) is 7.07. The summed E-state index contributed by atoms with van der Waals surface area (Å²) in [7, 11) is 0. The molecule has 0 N–H and O–H groups in total. The van der Waals surface area contributed by atoms with E-state index in [2.05, 4.69) is 87.6 Å². The fraction of sp³-hybridized carbons (Fsp3) is 0. The van der Waals surface area contributed by atoms with Crippen molar-refractivity contribution in [2.24, 2.45) is 0 Å². The van der Waals surface area contributed by atoms with Crippen LogP contribution in [0.4, 0.5) is 0 Å². The quantitative estimate of drug-likeness (QED) is 0.274. The first-order valence-corrected chi connectivity index (χ1v) is 11.1. The van der Waals surface area contributed by atoms with E-state index in [0.717, 1.165) is 54.2 Å². The van der Waals surface area contributed by atoms with Crippen molar-refractivity contribution in [3.05, 3.63) is 108 Å². The predicted molar refractivity (Wildman–Crippen MR) is 133 cm³/mol. The lowest BCUT2D eigenvalue weighted by molar-refractivity contribution is 0.766. The molecular weight excluding hydrogens is 460 g/mol. The van der Waals surface area contributed by atoms with E-state index in [1.54, 1.807) is 11.0 Å². The SMILES string of the molecule is Brc1cc2nn(-c3ccc(-c4cccc(-c5cccnc5)c4)cc3)nc2c2ccccc12. The lowest BCUT2D eigenvalue weighted by atomic mass is 10.00. The molecule has 152 valence electrons. The molecule has 0 amide bonds. The molecule has 0 spiro atoms. The summed E-state index contributed by atoms with van der Waals surface area (Å²) >= 11 is 3.66. The highest BCUT2D eigenvalue weighted by atomic mass is 79.9. The highest BCUT2D eigenvalue weighted by Gasteiger charge is 2.11. The van der Waals surface area contributed by atoms with Crippen LogP contribution in [0.25, 0.3) is 49.7 Å². The van der Waals surface area contributed by atoms with Crippen LogP contribution in [-0.4, -0.2) is 20.0 Å². The topological polar surface area (TPSA) is 43.6 Å². The van der Waals surface area contributed by atoms with E-state index in [1.807, 2.05) is 30.5 Å². The van der Waals surface area contributed by atoms with Gasteiger partial charge in [-0.3, -0.25) is 4.98 Å². The highest BCUT2D eigenvalue weighted by Crippen LogP contribution is 2.31. The van der Waals surface area contributed by atoms with E-state index in [9.17, 15) is 0 Å². The van der Waals surface area contributed by atoms with Crippen LogP contribution in [0.2, 0.25) is 0 Å². The molecule has 6 rings (SSSR count). The largest absolute Gasteiger partial charge is 0.264 e. The van der Waals surface area contributed by atoms with E-state index >= 15 is 0 Å². The molecule has 0 aliphatic heterocycles. The first-order valence-electron chi connectivity index (χ1n) is 10.3. The van der Waals surface area contributed by atoms with Crippen LogP contribution in [-0.2, 0) is 0 Å². The van der Waals surface area contributed by atoms with E-state index in [0.29, 0.717) is 0 Å². The first-order chi connectivity index (χ1) is 15.8. The molecule has 0 atom stereocenters. The summed E-state index contributed by atoms with van der Waals surface area (Å²) in [5.41, 5.74) is 7.25. The van der Waals surface area contributed by atoms with Crippen molar-refractivity contribution < 1.29 is 0 Å². The standard InChI is InChI=1S/C27H17BrN4/c28-25-16-26-27(24-9-2-1-8-23(24)25)31-32(30-26)22-12-10-18(11-13-22)19-5-3-6-20(15-19)21-7-4-14-29-17-21/h1-17H. The Morgan fingerprint density at radius 1 is 0.625 bits per heavy atom. The zero-order chi connectivity index (χ0) is 21.5. The molecule has 0 saturated carbocycles. The normalized spacial score (nSPS) is 11.3. The van der Waals surface area contributed by atoms with Crippen LogP contribution in [0.3, 0.4) is 0 Å². The van der Waals surface area contributed by atoms with Gasteiger partial charge in [-0.25, -0.2) is 0 Å². The molecule has 0 saturated heterocycles. The van der Waals surface area contributed by atoms with Gasteiger partial charge in [-0.2, -0.15) is 4.80 Å². The number of benzene rings is 4. The Bertz CT molecular complexity index is 1570. The molecule has 2 aromatic heterocycles. The summed E-state index contributed by atoms with van der Waals surface area (Å²) in [6.07, 6.45) is 3.68. The van der Waals surface area contributed by atoms with Gasteiger partial charge in [-0.15, -0.1) is 10.2 Å². The van der Waals surface area contributed by atoms with Crippen LogP contribution < -0.4 is 0 Å². The lowest BCUT2D eigenvalue weighted by Gasteiger charge is -2.07. The number of nitrogens with zero attached hydrogens (tertiary/aromatic N) is 4. The fourth-order valence-corrected chi connectivity index (χ4v) is 4.58. The zero-order valence-corrected chi connectivity index (χ0v) is 18.6. The number of hydrogen-bond acceptors (Lipinski definition) is 3. The Morgan fingerprint density at radius 2 is 1.38 bits per heavy atom. The smallest absolute Gasteiger partial charge is 0.121 e. The van der Waals surface area contributed by atoms with Gasteiger partial charge in [0.1, 0.15) is 11.0 Å². The van der Waals surface area contributed by atoms with Crippen molar-refractivity contribution in [2.75, 3.05) is 0 Å². The van der Waals surface area contributed by atoms with Gasteiger partial charge in [-0.1, -0.05) is 76.6 Å². The van der Waals surface area contributed by atoms with Crippen LogP contribution in [0.15, 0.2) is 108 Å². The minimum absolute atomic E-state index is 0.865. The van der Waals surface area contributed by atoms with Gasteiger partial charge < -0.3 is 0 Å². The zero-order valence-electron chi connectivity index (χ0n) is 17.0. The van der Waals surface area contributed by atoms with Crippen molar-refractivity contribution in [1.82, 2.24) is 20.0 Å². The van der Waals surface area contributed by atoms with Crippen LogP contribution in [0.5, 0.6) is 0 Å². The molecule has 0 unspecified atom stereocenters. The first kappa shape index (κ1) is 18.9. The van der Waals surface area contributed by atoms with Crippen LogP contribution in [0, 0.1) is 0 Å². The Kier molecular flexibility index (Phi) is 4.55.